The van der Waals surface area contributed by atoms with Crippen LogP contribution in [0.2, 0.25) is 0 Å². The third kappa shape index (κ3) is 3.23. The molecule has 2 aromatic rings. The number of hydrazone groups is 1. The molecule has 2 aliphatic rings. The van der Waals surface area contributed by atoms with Crippen molar-refractivity contribution in [2.75, 3.05) is 12.9 Å². The number of amides is 1. The quantitative estimate of drug-likeness (QED) is 0.788. The number of nitrogens with one attached hydrogen (secondary N) is 1. The van der Waals surface area contributed by atoms with E-state index in [1.54, 1.807) is 12.1 Å². The van der Waals surface area contributed by atoms with Crippen molar-refractivity contribution in [3.8, 4) is 5.75 Å². The normalized spacial score (nSPS) is 18.1. The highest BCUT2D eigenvalue weighted by atomic mass is 79.9. The standard InChI is InChI=1S/C19H17BrN4O2S/c1-3-27-19-22-18(25)16-12-6-4-5-7-15(12)21-17(24(16)23-19)13-10-11(26-2)8-9-14(13)20/h4-10,17H,3H2,1-2H3,(H,22,23,25)/t17-/m0/s1. The predicted molar refractivity (Wildman–Crippen MR) is 110 cm³/mol. The van der Waals surface area contributed by atoms with E-state index in [9.17, 15) is 4.79 Å². The molecule has 0 fully saturated rings. The topological polar surface area (TPSA) is 66.3 Å². The van der Waals surface area contributed by atoms with Crippen molar-refractivity contribution in [2.45, 2.75) is 13.1 Å². The van der Waals surface area contributed by atoms with Gasteiger partial charge in [0.05, 0.1) is 12.5 Å². The number of hydrogen-bond acceptors (Lipinski definition) is 6. The summed E-state index contributed by atoms with van der Waals surface area (Å²) in [6, 6.07) is 13.3. The lowest BCUT2D eigenvalue weighted by Crippen LogP contribution is -2.50. The van der Waals surface area contributed by atoms with Crippen LogP contribution in [0.4, 0.5) is 0 Å². The van der Waals surface area contributed by atoms with E-state index < -0.39 is 6.17 Å². The maximum Gasteiger partial charge on any atom is 0.276 e. The van der Waals surface area contributed by atoms with Crippen molar-refractivity contribution < 1.29 is 9.53 Å². The van der Waals surface area contributed by atoms with Gasteiger partial charge in [0.1, 0.15) is 11.4 Å². The highest BCUT2D eigenvalue weighted by molar-refractivity contribution is 9.10. The molecule has 2 aromatic carbocycles. The summed E-state index contributed by atoms with van der Waals surface area (Å²) in [5.41, 5.74) is 1.38. The Bertz CT molecular complexity index is 1070. The Kier molecular flexibility index (Phi) is 4.92. The van der Waals surface area contributed by atoms with Crippen LogP contribution in [0, 0.1) is 0 Å². The summed E-state index contributed by atoms with van der Waals surface area (Å²) < 4.78 is 6.26. The molecule has 0 bridgehead atoms. The van der Waals surface area contributed by atoms with Gasteiger partial charge in [0.2, 0.25) is 0 Å². The van der Waals surface area contributed by atoms with E-state index in [0.29, 0.717) is 10.9 Å². The number of carbonyl (C=O) groups excluding carboxylic acids is 1. The number of thioether (sulfide) groups is 1. The second-order valence-corrected chi connectivity index (χ2v) is 8.00. The molecule has 0 saturated carbocycles. The Morgan fingerprint density at radius 3 is 2.89 bits per heavy atom. The Hall–Kier alpha value is -2.32. The fourth-order valence-electron chi connectivity index (χ4n) is 3.08. The third-order valence-electron chi connectivity index (χ3n) is 4.28. The van der Waals surface area contributed by atoms with E-state index >= 15 is 0 Å². The molecule has 27 heavy (non-hydrogen) atoms. The number of carbonyl (C=O) groups is 1. The fraction of sp³-hybridized carbons (Fsp3) is 0.211. The molecule has 1 atom stereocenters. The number of nitrogens with zero attached hydrogens (tertiary/aromatic N) is 3. The van der Waals surface area contributed by atoms with Crippen molar-refractivity contribution in [1.29, 1.82) is 0 Å². The molecule has 0 radical (unpaired) electrons. The van der Waals surface area contributed by atoms with Crippen LogP contribution in [-0.4, -0.2) is 28.9 Å². The van der Waals surface area contributed by atoms with Crippen LogP contribution in [0.1, 0.15) is 18.7 Å². The zero-order valence-corrected chi connectivity index (χ0v) is 17.2. The number of benzene rings is 2. The van der Waals surface area contributed by atoms with Crippen LogP contribution in [0.3, 0.4) is 0 Å². The SMILES string of the molecule is CCSC1=NN2C(=c3ccccc3=N[C@@H]2c2cc(OC)ccc2Br)C(=O)N1. The summed E-state index contributed by atoms with van der Waals surface area (Å²) in [5, 5.41) is 11.4. The van der Waals surface area contributed by atoms with Gasteiger partial charge in [-0.1, -0.05) is 52.8 Å². The van der Waals surface area contributed by atoms with Crippen LogP contribution in [0.15, 0.2) is 57.0 Å². The molecule has 0 unspecified atom stereocenters. The second kappa shape index (κ2) is 7.36. The maximum absolute atomic E-state index is 12.9. The van der Waals surface area contributed by atoms with E-state index in [0.717, 1.165) is 32.1 Å². The lowest BCUT2D eigenvalue weighted by Gasteiger charge is -2.34. The van der Waals surface area contributed by atoms with E-state index in [-0.39, 0.29) is 5.91 Å². The minimum atomic E-state index is -0.474. The minimum Gasteiger partial charge on any atom is -0.497 e. The predicted octanol–water partition coefficient (Wildman–Crippen LogP) is 2.35. The summed E-state index contributed by atoms with van der Waals surface area (Å²) >= 11 is 5.09. The van der Waals surface area contributed by atoms with Gasteiger partial charge in [-0.05, 0) is 30.0 Å². The van der Waals surface area contributed by atoms with Gasteiger partial charge in [-0.25, -0.2) is 5.01 Å². The first-order valence-corrected chi connectivity index (χ1v) is 10.2. The molecule has 138 valence electrons. The van der Waals surface area contributed by atoms with Crippen LogP contribution in [-0.2, 0) is 4.79 Å². The fourth-order valence-corrected chi connectivity index (χ4v) is 4.11. The zero-order valence-electron chi connectivity index (χ0n) is 14.8. The van der Waals surface area contributed by atoms with Gasteiger partial charge in [0.15, 0.2) is 11.3 Å². The van der Waals surface area contributed by atoms with Crippen LogP contribution >= 0.6 is 27.7 Å². The summed E-state index contributed by atoms with van der Waals surface area (Å²) in [6.07, 6.45) is -0.474. The molecule has 6 nitrogen and oxygen atoms in total. The summed E-state index contributed by atoms with van der Waals surface area (Å²) in [5.74, 6) is 1.36. The van der Waals surface area contributed by atoms with Crippen molar-refractivity contribution in [3.05, 3.63) is 63.1 Å². The first-order chi connectivity index (χ1) is 13.1. The number of rotatable bonds is 3. The summed E-state index contributed by atoms with van der Waals surface area (Å²) in [7, 11) is 1.63. The number of halogens is 1. The third-order valence-corrected chi connectivity index (χ3v) is 5.75. The highest BCUT2D eigenvalue weighted by Gasteiger charge is 2.35. The van der Waals surface area contributed by atoms with Gasteiger partial charge < -0.3 is 4.74 Å². The Balaban J connectivity index is 1.97. The summed E-state index contributed by atoms with van der Waals surface area (Å²) in [6.45, 7) is 2.02. The molecular weight excluding hydrogens is 428 g/mol. The Labute approximate surface area is 169 Å². The smallest absolute Gasteiger partial charge is 0.276 e. The van der Waals surface area contributed by atoms with Gasteiger partial charge in [0.25, 0.3) is 5.91 Å². The van der Waals surface area contributed by atoms with Crippen molar-refractivity contribution >= 4 is 44.5 Å². The summed E-state index contributed by atoms with van der Waals surface area (Å²) in [4.78, 5) is 17.8. The molecule has 0 spiro atoms. The van der Waals surface area contributed by atoms with Crippen molar-refractivity contribution in [3.63, 3.8) is 0 Å². The molecule has 0 aromatic heterocycles. The lowest BCUT2D eigenvalue weighted by molar-refractivity contribution is -0.116. The van der Waals surface area contributed by atoms with Gasteiger partial charge in [-0.2, -0.15) is 0 Å². The minimum absolute atomic E-state index is 0.174. The van der Waals surface area contributed by atoms with Gasteiger partial charge >= 0.3 is 0 Å². The van der Waals surface area contributed by atoms with E-state index in [1.807, 2.05) is 49.4 Å². The number of hydrogen-bond donors (Lipinski definition) is 1. The van der Waals surface area contributed by atoms with E-state index in [1.165, 1.54) is 11.8 Å². The molecule has 1 amide bonds. The number of methoxy groups -OCH3 is 1. The van der Waals surface area contributed by atoms with Crippen molar-refractivity contribution in [2.24, 2.45) is 10.1 Å². The maximum atomic E-state index is 12.9. The average molecular weight is 445 g/mol. The molecule has 0 saturated heterocycles. The van der Waals surface area contributed by atoms with Crippen LogP contribution < -0.4 is 20.6 Å². The van der Waals surface area contributed by atoms with Gasteiger partial charge in [-0.3, -0.25) is 15.1 Å². The van der Waals surface area contributed by atoms with Crippen LogP contribution in [0.25, 0.3) is 5.70 Å². The zero-order chi connectivity index (χ0) is 19.0. The highest BCUT2D eigenvalue weighted by Crippen LogP contribution is 2.36. The van der Waals surface area contributed by atoms with Crippen molar-refractivity contribution in [1.82, 2.24) is 10.3 Å². The molecule has 4 rings (SSSR count). The molecule has 0 aliphatic carbocycles. The molecule has 2 aliphatic heterocycles. The van der Waals surface area contributed by atoms with Crippen LogP contribution in [0.5, 0.6) is 5.75 Å². The Morgan fingerprint density at radius 2 is 2.11 bits per heavy atom. The molecule has 8 heteroatoms. The first-order valence-electron chi connectivity index (χ1n) is 8.45. The Morgan fingerprint density at radius 1 is 1.30 bits per heavy atom. The molecule has 2 heterocycles. The number of fused-ring (bicyclic) bond motifs is 2. The lowest BCUT2D eigenvalue weighted by atomic mass is 10.1. The first kappa shape index (κ1) is 18.1. The van der Waals surface area contributed by atoms with Gasteiger partial charge in [-0.15, -0.1) is 5.10 Å². The second-order valence-electron chi connectivity index (χ2n) is 5.89. The largest absolute Gasteiger partial charge is 0.497 e. The average Bonchev–Trinajstić information content (AvgIpc) is 2.68. The number of para-hydroxylation sites is 1. The molecule has 1 N–H and O–H groups in total. The number of amidine groups is 1. The molecular formula is C19H17BrN4O2S. The van der Waals surface area contributed by atoms with E-state index in [4.69, 9.17) is 9.73 Å². The van der Waals surface area contributed by atoms with Gasteiger partial charge in [0, 0.05) is 15.3 Å². The number of ether oxygens (including phenoxy) is 1. The van der Waals surface area contributed by atoms with E-state index in [2.05, 4.69) is 26.3 Å². The monoisotopic (exact) mass is 444 g/mol.